The van der Waals surface area contributed by atoms with Crippen LogP contribution in [0.4, 0.5) is 0 Å². The van der Waals surface area contributed by atoms with E-state index >= 15 is 0 Å². The zero-order valence-electron chi connectivity index (χ0n) is 2.53. The quantitative estimate of drug-likeness (QED) is 0.444. The van der Waals surface area contributed by atoms with Crippen LogP contribution in [-0.4, -0.2) is 79.6 Å². The Morgan fingerprint density at radius 3 is 1.25 bits per heavy atom. The Balaban J connectivity index is -0.00000000750. The molecule has 8 heteroatoms. The van der Waals surface area contributed by atoms with Gasteiger partial charge in [0.15, 0.2) is 0 Å². The summed E-state index contributed by atoms with van der Waals surface area (Å²) in [7, 11) is -3.13. The summed E-state index contributed by atoms with van der Waals surface area (Å²) < 4.78 is 8.74. The van der Waals surface area contributed by atoms with E-state index in [0.29, 0.717) is 0 Å². The Morgan fingerprint density at radius 1 is 1.25 bits per heavy atom. The second kappa shape index (κ2) is 22.6. The molecule has 0 bridgehead atoms. The van der Waals surface area contributed by atoms with Gasteiger partial charge in [-0.2, -0.15) is 0 Å². The van der Waals surface area contributed by atoms with Crippen molar-refractivity contribution in [3.8, 4) is 0 Å². The van der Waals surface area contributed by atoms with Gasteiger partial charge < -0.3 is 9.59 Å². The van der Waals surface area contributed by atoms with Crippen LogP contribution in [0.1, 0.15) is 0 Å². The summed E-state index contributed by atoms with van der Waals surface area (Å²) in [4.78, 5) is 14.3. The van der Waals surface area contributed by atoms with E-state index in [9.17, 15) is 0 Å². The van der Waals surface area contributed by atoms with Crippen molar-refractivity contribution in [1.29, 1.82) is 0 Å². The molecule has 47 valence electrons. The third kappa shape index (κ3) is 71.2. The zero-order chi connectivity index (χ0) is 3.58. The van der Waals surface area contributed by atoms with Crippen LogP contribution in [0.25, 0.3) is 0 Å². The van der Waals surface area contributed by atoms with Gasteiger partial charge >= 0.3 is 70.0 Å². The van der Waals surface area contributed by atoms with E-state index in [1.54, 1.807) is 0 Å². The molecule has 8 heavy (non-hydrogen) atoms. The number of hydrogen-bond acceptors (Lipinski definition) is 1. The van der Waals surface area contributed by atoms with E-state index in [4.69, 9.17) is 14.1 Å². The van der Waals surface area contributed by atoms with Crippen LogP contribution in [-0.2, 0) is 38.6 Å². The summed E-state index contributed by atoms with van der Waals surface area (Å²) in [5.74, 6) is 0. The van der Waals surface area contributed by atoms with E-state index < -0.39 is 9.17 Å². The third-order valence-electron chi connectivity index (χ3n) is 0. The molecule has 0 spiro atoms. The van der Waals surface area contributed by atoms with Crippen LogP contribution in [0.3, 0.4) is 0 Å². The molecule has 0 aliphatic rings. The molecule has 0 heterocycles. The molecule has 0 rings (SSSR count). The molecule has 0 amide bonds. The predicted molar refractivity (Wildman–Crippen MR) is 28.0 cm³/mol. The topological polar surface area (TPSA) is 57.5 Å². The second-order valence-electron chi connectivity index (χ2n) is 0.283. The van der Waals surface area contributed by atoms with Crippen LogP contribution >= 0.6 is 0 Å². The van der Waals surface area contributed by atoms with Gasteiger partial charge in [0, 0.05) is 34.1 Å². The summed E-state index contributed by atoms with van der Waals surface area (Å²) in [6.45, 7) is 0. The molecule has 1 radical (unpaired) electrons. The molecule has 0 fully saturated rings. The van der Waals surface area contributed by atoms with Gasteiger partial charge in [0.05, 0.1) is 0 Å². The Labute approximate surface area is 116 Å². The molecule has 0 aromatic rings. The summed E-state index contributed by atoms with van der Waals surface area (Å²) >= 11 is 0. The van der Waals surface area contributed by atoms with Gasteiger partial charge in [0.1, 0.15) is 0 Å². The van der Waals surface area contributed by atoms with Crippen molar-refractivity contribution >= 4 is 70.0 Å². The van der Waals surface area contributed by atoms with Gasteiger partial charge in [-0.05, 0) is 0 Å². The maximum Gasteiger partial charge on any atom is 0.316 e. The van der Waals surface area contributed by atoms with E-state index in [-0.39, 0.29) is 94.9 Å². The third-order valence-corrected chi connectivity index (χ3v) is 0. The molecular weight excluding hydrogens is 251 g/mol. The molecule has 3 nitrogen and oxygen atoms in total. The van der Waals surface area contributed by atoms with Gasteiger partial charge in [0.25, 0.3) is 0 Å². The Bertz CT molecular complexity index is 42.3. The average Bonchev–Trinajstić information content (AvgIpc) is 0.811. The molecule has 0 atom stereocenters. The van der Waals surface area contributed by atoms with Crippen molar-refractivity contribution in [3.05, 3.63) is 0 Å². The standard InChI is InChI=1S/Ca.Fe.Mg.Mn.H2O3Si.4H/c;;;;1-4(2)3;;;;/h;;;;1-2H;;;;. The molecule has 0 aliphatic carbocycles. The molecule has 2 N–H and O–H groups in total. The van der Waals surface area contributed by atoms with Gasteiger partial charge in [0.2, 0.25) is 0 Å². The molecule has 0 aromatic heterocycles. The van der Waals surface area contributed by atoms with Gasteiger partial charge in [-0.15, -0.1) is 0 Å². The fourth-order valence-electron chi connectivity index (χ4n) is 0. The molecule has 0 aliphatic heterocycles. The summed E-state index contributed by atoms with van der Waals surface area (Å²) in [5, 5.41) is 0. The monoisotopic (exact) mass is 257 g/mol. The Kier molecular flexibility index (Phi) is 87.6. The zero-order valence-corrected chi connectivity index (χ0v) is 5.82. The van der Waals surface area contributed by atoms with E-state index in [1.807, 2.05) is 0 Å². The molecule has 0 aromatic carbocycles. The van der Waals surface area contributed by atoms with E-state index in [1.165, 1.54) is 0 Å². The average molecular weight is 257 g/mol. The SMILES string of the molecule is O=[Si](O)O.[CaH2].[Fe].[MgH2].[Mn]. The van der Waals surface area contributed by atoms with E-state index in [0.717, 1.165) is 0 Å². The van der Waals surface area contributed by atoms with Gasteiger partial charge in [-0.25, -0.2) is 0 Å². The van der Waals surface area contributed by atoms with Crippen LogP contribution < -0.4 is 0 Å². The van der Waals surface area contributed by atoms with Crippen molar-refractivity contribution in [2.75, 3.05) is 0 Å². The minimum atomic E-state index is -3.13. The summed E-state index contributed by atoms with van der Waals surface area (Å²) in [6, 6.07) is 0. The minimum Gasteiger partial charge on any atom is 0 e. The van der Waals surface area contributed by atoms with Crippen molar-refractivity contribution < 1.29 is 48.2 Å². The predicted octanol–water partition coefficient (Wildman–Crippen LogP) is -3.45. The fourth-order valence-corrected chi connectivity index (χ4v) is 0. The Morgan fingerprint density at radius 2 is 1.25 bits per heavy atom. The van der Waals surface area contributed by atoms with Crippen molar-refractivity contribution in [2.45, 2.75) is 0 Å². The summed E-state index contributed by atoms with van der Waals surface area (Å²) in [6.07, 6.45) is 0. The first-order valence-corrected chi connectivity index (χ1v) is 1.95. The van der Waals surface area contributed by atoms with Crippen LogP contribution in [0.2, 0.25) is 0 Å². The van der Waals surface area contributed by atoms with Crippen LogP contribution in [0, 0.1) is 0 Å². The van der Waals surface area contributed by atoms with Gasteiger partial charge in [-0.3, -0.25) is 4.46 Å². The second-order valence-corrected chi connectivity index (χ2v) is 0.848. The van der Waals surface area contributed by atoms with Crippen molar-refractivity contribution in [3.63, 3.8) is 0 Å². The summed E-state index contributed by atoms with van der Waals surface area (Å²) in [5.41, 5.74) is 0. The van der Waals surface area contributed by atoms with E-state index in [2.05, 4.69) is 0 Å². The maximum absolute atomic E-state index is 8.74. The maximum atomic E-state index is 8.74. The van der Waals surface area contributed by atoms with Crippen molar-refractivity contribution in [1.82, 2.24) is 0 Å². The molecule has 0 unspecified atom stereocenters. The molecule has 0 saturated heterocycles. The van der Waals surface area contributed by atoms with Crippen LogP contribution in [0.15, 0.2) is 0 Å². The first-order valence-electron chi connectivity index (χ1n) is 0.651. The minimum absolute atomic E-state index is 0. The molecular formula is H6CaFeMgMnO3Si. The Hall–Kier alpha value is 2.68. The smallest absolute Gasteiger partial charge is 0 e. The number of rotatable bonds is 0. The normalized spacial score (nSPS) is 3.00. The fraction of sp³-hybridized carbons (Fsp3) is 0. The van der Waals surface area contributed by atoms with Gasteiger partial charge in [-0.1, -0.05) is 0 Å². The number of hydrogen-bond donors (Lipinski definition) is 2. The molecule has 0 saturated carbocycles. The first-order chi connectivity index (χ1) is 1.73. The first kappa shape index (κ1) is 31.0. The van der Waals surface area contributed by atoms with Crippen LogP contribution in [0.5, 0.6) is 0 Å². The largest absolute Gasteiger partial charge is 0.316 e. The van der Waals surface area contributed by atoms with Crippen molar-refractivity contribution in [2.24, 2.45) is 0 Å².